The first-order valence-electron chi connectivity index (χ1n) is 7.07. The number of aromatic nitrogens is 1. The van der Waals surface area contributed by atoms with Gasteiger partial charge in [0.15, 0.2) is 0 Å². The number of hydrogen-bond donors (Lipinski definition) is 1. The maximum Gasteiger partial charge on any atom is 0.0355 e. The predicted molar refractivity (Wildman–Crippen MR) is 81.2 cm³/mol. The minimum atomic E-state index is 0.443. The van der Waals surface area contributed by atoms with Gasteiger partial charge in [0.2, 0.25) is 0 Å². The summed E-state index contributed by atoms with van der Waals surface area (Å²) >= 11 is 0. The zero-order valence-electron chi connectivity index (χ0n) is 12.1. The Kier molecular flexibility index (Phi) is 4.80. The molecule has 1 aromatic heterocycles. The van der Waals surface area contributed by atoms with Crippen molar-refractivity contribution in [1.82, 2.24) is 9.88 Å². The topological polar surface area (TPSA) is 17.0 Å². The molecule has 1 unspecified atom stereocenters. The van der Waals surface area contributed by atoms with Gasteiger partial charge in [-0.1, -0.05) is 44.2 Å². The van der Waals surface area contributed by atoms with Crippen LogP contribution in [0.3, 0.4) is 0 Å². The lowest BCUT2D eigenvalue weighted by Gasteiger charge is -2.18. The van der Waals surface area contributed by atoms with Gasteiger partial charge in [-0.15, -0.1) is 0 Å². The highest BCUT2D eigenvalue weighted by Crippen LogP contribution is 2.21. The number of rotatable bonds is 6. The van der Waals surface area contributed by atoms with Gasteiger partial charge in [-0.3, -0.25) is 0 Å². The molecular weight excluding hydrogens is 232 g/mol. The second-order valence-electron chi connectivity index (χ2n) is 5.43. The van der Waals surface area contributed by atoms with Crippen molar-refractivity contribution >= 4 is 0 Å². The lowest BCUT2D eigenvalue weighted by molar-refractivity contribution is 0.442. The number of nitrogens with one attached hydrogen (secondary N) is 1. The molecule has 0 amide bonds. The van der Waals surface area contributed by atoms with E-state index in [1.807, 2.05) is 7.05 Å². The molecule has 2 aromatic rings. The van der Waals surface area contributed by atoms with Crippen LogP contribution in [0.4, 0.5) is 0 Å². The first-order chi connectivity index (χ1) is 9.20. The van der Waals surface area contributed by atoms with E-state index in [2.05, 4.69) is 72.5 Å². The lowest BCUT2D eigenvalue weighted by atomic mass is 9.99. The van der Waals surface area contributed by atoms with Crippen molar-refractivity contribution in [3.05, 3.63) is 59.9 Å². The van der Waals surface area contributed by atoms with E-state index >= 15 is 0 Å². The number of aryl methyl sites for hydroxylation is 2. The largest absolute Gasteiger partial charge is 0.354 e. The van der Waals surface area contributed by atoms with Crippen LogP contribution in [0.15, 0.2) is 48.8 Å². The standard InChI is InChI=1S/C17H24N2/c1-14(2)17(18-3)16-10-12-19(13-16)11-9-15-7-5-4-6-8-15/h4-8,10,12-14,17-18H,9,11H2,1-3H3. The van der Waals surface area contributed by atoms with Gasteiger partial charge in [-0.05, 0) is 36.6 Å². The fraction of sp³-hybridized carbons (Fsp3) is 0.412. The van der Waals surface area contributed by atoms with Crippen LogP contribution in [0, 0.1) is 5.92 Å². The summed E-state index contributed by atoms with van der Waals surface area (Å²) < 4.78 is 2.29. The quantitative estimate of drug-likeness (QED) is 0.835. The highest BCUT2D eigenvalue weighted by molar-refractivity contribution is 5.17. The van der Waals surface area contributed by atoms with Crippen LogP contribution in [0.25, 0.3) is 0 Å². The molecule has 1 heterocycles. The third-order valence-corrected chi connectivity index (χ3v) is 3.61. The summed E-state index contributed by atoms with van der Waals surface area (Å²) in [5, 5.41) is 3.39. The zero-order chi connectivity index (χ0) is 13.7. The molecule has 2 rings (SSSR count). The third-order valence-electron chi connectivity index (χ3n) is 3.61. The van der Waals surface area contributed by atoms with Gasteiger partial charge in [0.05, 0.1) is 0 Å². The molecule has 1 N–H and O–H groups in total. The highest BCUT2D eigenvalue weighted by Gasteiger charge is 2.14. The van der Waals surface area contributed by atoms with E-state index in [4.69, 9.17) is 0 Å². The van der Waals surface area contributed by atoms with Crippen LogP contribution in [0.2, 0.25) is 0 Å². The second kappa shape index (κ2) is 6.58. The number of hydrogen-bond acceptors (Lipinski definition) is 1. The maximum absolute atomic E-state index is 3.39. The molecule has 102 valence electrons. The van der Waals surface area contributed by atoms with E-state index in [1.54, 1.807) is 0 Å². The van der Waals surface area contributed by atoms with E-state index < -0.39 is 0 Å². The van der Waals surface area contributed by atoms with E-state index in [0.717, 1.165) is 13.0 Å². The van der Waals surface area contributed by atoms with Crippen LogP contribution in [-0.2, 0) is 13.0 Å². The Hall–Kier alpha value is -1.54. The van der Waals surface area contributed by atoms with E-state index in [-0.39, 0.29) is 0 Å². The Morgan fingerprint density at radius 2 is 1.84 bits per heavy atom. The molecule has 0 fully saturated rings. The van der Waals surface area contributed by atoms with Crippen LogP contribution in [-0.4, -0.2) is 11.6 Å². The molecule has 0 bridgehead atoms. The van der Waals surface area contributed by atoms with Crippen molar-refractivity contribution in [1.29, 1.82) is 0 Å². The van der Waals surface area contributed by atoms with Gasteiger partial charge in [0.1, 0.15) is 0 Å². The molecular formula is C17H24N2. The highest BCUT2D eigenvalue weighted by atomic mass is 15.0. The summed E-state index contributed by atoms with van der Waals surface area (Å²) in [6.45, 7) is 5.55. The van der Waals surface area contributed by atoms with Crippen LogP contribution >= 0.6 is 0 Å². The SMILES string of the molecule is CNC(c1ccn(CCc2ccccc2)c1)C(C)C. The molecule has 2 heteroatoms. The Balaban J connectivity index is 1.97. The van der Waals surface area contributed by atoms with E-state index in [1.165, 1.54) is 11.1 Å². The van der Waals surface area contributed by atoms with Crippen LogP contribution < -0.4 is 5.32 Å². The summed E-state index contributed by atoms with van der Waals surface area (Å²) in [5.74, 6) is 0.606. The molecule has 0 aliphatic rings. The molecule has 0 radical (unpaired) electrons. The zero-order valence-corrected chi connectivity index (χ0v) is 12.1. The summed E-state index contributed by atoms with van der Waals surface area (Å²) in [4.78, 5) is 0. The summed E-state index contributed by atoms with van der Waals surface area (Å²) in [6, 6.07) is 13.3. The van der Waals surface area contributed by atoms with Crippen molar-refractivity contribution in [2.75, 3.05) is 7.05 Å². The molecule has 0 aliphatic carbocycles. The Morgan fingerprint density at radius 1 is 1.11 bits per heavy atom. The number of benzene rings is 1. The average molecular weight is 256 g/mol. The molecule has 19 heavy (non-hydrogen) atoms. The van der Waals surface area contributed by atoms with Gasteiger partial charge in [0.25, 0.3) is 0 Å². The fourth-order valence-electron chi connectivity index (χ4n) is 2.57. The summed E-state index contributed by atoms with van der Waals surface area (Å²) in [7, 11) is 2.03. The molecule has 0 spiro atoms. The van der Waals surface area contributed by atoms with E-state index in [0.29, 0.717) is 12.0 Å². The third kappa shape index (κ3) is 3.71. The maximum atomic E-state index is 3.39. The van der Waals surface area contributed by atoms with Crippen molar-refractivity contribution in [3.63, 3.8) is 0 Å². The minimum Gasteiger partial charge on any atom is -0.354 e. The molecule has 1 aromatic carbocycles. The Bertz CT molecular complexity index is 485. The second-order valence-corrected chi connectivity index (χ2v) is 5.43. The van der Waals surface area contributed by atoms with Gasteiger partial charge in [0, 0.05) is 25.0 Å². The van der Waals surface area contributed by atoms with Gasteiger partial charge < -0.3 is 9.88 Å². The smallest absolute Gasteiger partial charge is 0.0355 e. The van der Waals surface area contributed by atoms with Gasteiger partial charge in [-0.25, -0.2) is 0 Å². The monoisotopic (exact) mass is 256 g/mol. The van der Waals surface area contributed by atoms with Crippen molar-refractivity contribution in [3.8, 4) is 0 Å². The normalized spacial score (nSPS) is 12.8. The lowest BCUT2D eigenvalue weighted by Crippen LogP contribution is -2.21. The average Bonchev–Trinajstić information content (AvgIpc) is 2.87. The predicted octanol–water partition coefficient (Wildman–Crippen LogP) is 3.65. The van der Waals surface area contributed by atoms with E-state index in [9.17, 15) is 0 Å². The fourth-order valence-corrected chi connectivity index (χ4v) is 2.57. The van der Waals surface area contributed by atoms with Gasteiger partial charge in [-0.2, -0.15) is 0 Å². The molecule has 1 atom stereocenters. The molecule has 0 saturated heterocycles. The van der Waals surface area contributed by atoms with Crippen LogP contribution in [0.1, 0.15) is 31.0 Å². The Morgan fingerprint density at radius 3 is 2.47 bits per heavy atom. The van der Waals surface area contributed by atoms with Crippen molar-refractivity contribution < 1.29 is 0 Å². The minimum absolute atomic E-state index is 0.443. The van der Waals surface area contributed by atoms with Crippen molar-refractivity contribution in [2.24, 2.45) is 5.92 Å². The first kappa shape index (κ1) is 13.9. The van der Waals surface area contributed by atoms with Crippen LogP contribution in [0.5, 0.6) is 0 Å². The summed E-state index contributed by atoms with van der Waals surface area (Å²) in [5.41, 5.74) is 2.78. The molecule has 0 aliphatic heterocycles. The summed E-state index contributed by atoms with van der Waals surface area (Å²) in [6.07, 6.45) is 5.54. The molecule has 0 saturated carbocycles. The van der Waals surface area contributed by atoms with Gasteiger partial charge >= 0.3 is 0 Å². The Labute approximate surface area is 116 Å². The van der Waals surface area contributed by atoms with Crippen molar-refractivity contribution in [2.45, 2.75) is 32.9 Å². The first-order valence-corrected chi connectivity index (χ1v) is 7.07. The number of nitrogens with zero attached hydrogens (tertiary/aromatic N) is 1. The molecule has 2 nitrogen and oxygen atoms in total.